The van der Waals surface area contributed by atoms with Gasteiger partial charge >= 0.3 is 0 Å². The van der Waals surface area contributed by atoms with Crippen molar-refractivity contribution in [2.45, 2.75) is 39.7 Å². The van der Waals surface area contributed by atoms with Crippen molar-refractivity contribution < 1.29 is 4.74 Å². The summed E-state index contributed by atoms with van der Waals surface area (Å²) in [7, 11) is 3.61. The molecule has 0 fully saturated rings. The first-order valence-corrected chi connectivity index (χ1v) is 7.29. The van der Waals surface area contributed by atoms with Crippen LogP contribution < -0.4 is 5.32 Å². The van der Waals surface area contributed by atoms with Gasteiger partial charge in [-0.05, 0) is 32.8 Å². The lowest BCUT2D eigenvalue weighted by atomic mass is 10.0. The molecule has 0 radical (unpaired) electrons. The van der Waals surface area contributed by atoms with E-state index in [0.29, 0.717) is 0 Å². The minimum absolute atomic E-state index is 0.439. The molecule has 0 aliphatic carbocycles. The Morgan fingerprint density at radius 1 is 1.32 bits per heavy atom. The van der Waals surface area contributed by atoms with Gasteiger partial charge in [0.1, 0.15) is 16.2 Å². The zero-order valence-electron chi connectivity index (χ0n) is 12.4. The molecule has 2 aromatic heterocycles. The van der Waals surface area contributed by atoms with Crippen LogP contribution in [0.5, 0.6) is 0 Å². The summed E-state index contributed by atoms with van der Waals surface area (Å²) < 4.78 is 5.61. The van der Waals surface area contributed by atoms with Crippen LogP contribution in [0.25, 0.3) is 10.2 Å². The molecular weight excluding hydrogens is 258 g/mol. The number of hydrogen-bond acceptors (Lipinski definition) is 5. The first-order chi connectivity index (χ1) is 8.96. The molecule has 104 valence electrons. The zero-order chi connectivity index (χ0) is 14.2. The van der Waals surface area contributed by atoms with Crippen molar-refractivity contribution >= 4 is 27.4 Å². The molecule has 2 rings (SSSR count). The fourth-order valence-corrected chi connectivity index (χ4v) is 3.09. The summed E-state index contributed by atoms with van der Waals surface area (Å²) in [4.78, 5) is 11.7. The summed E-state index contributed by atoms with van der Waals surface area (Å²) >= 11 is 1.71. The molecule has 0 bridgehead atoms. The van der Waals surface area contributed by atoms with Crippen LogP contribution >= 0.6 is 11.3 Å². The van der Waals surface area contributed by atoms with Gasteiger partial charge in [0.05, 0.1) is 5.39 Å². The number of aromatic nitrogens is 2. The minimum Gasteiger partial charge on any atom is -0.372 e. The van der Waals surface area contributed by atoms with Crippen LogP contribution in [0.1, 0.15) is 36.5 Å². The van der Waals surface area contributed by atoms with Gasteiger partial charge in [-0.25, -0.2) is 9.97 Å². The van der Waals surface area contributed by atoms with Crippen molar-refractivity contribution in [1.29, 1.82) is 0 Å². The van der Waals surface area contributed by atoms with Gasteiger partial charge in [0, 0.05) is 19.0 Å². The topological polar surface area (TPSA) is 47.0 Å². The van der Waals surface area contributed by atoms with Gasteiger partial charge < -0.3 is 10.1 Å². The van der Waals surface area contributed by atoms with E-state index in [0.717, 1.165) is 28.3 Å². The van der Waals surface area contributed by atoms with Gasteiger partial charge in [-0.1, -0.05) is 6.92 Å². The maximum absolute atomic E-state index is 5.61. The Balaban J connectivity index is 2.73. The predicted molar refractivity (Wildman–Crippen MR) is 81.1 cm³/mol. The predicted octanol–water partition coefficient (Wildman–Crippen LogP) is 3.62. The number of nitrogens with one attached hydrogen (secondary N) is 1. The van der Waals surface area contributed by atoms with Gasteiger partial charge in [0.25, 0.3) is 0 Å². The normalized spacial score (nSPS) is 14.6. The van der Waals surface area contributed by atoms with E-state index in [1.54, 1.807) is 18.4 Å². The SMILES string of the molecule is CCC(C)(OC)c1nc(NC)c2c(C)c(C)sc2n1. The van der Waals surface area contributed by atoms with Gasteiger partial charge in [-0.2, -0.15) is 0 Å². The minimum atomic E-state index is -0.439. The lowest BCUT2D eigenvalue weighted by Crippen LogP contribution is -2.26. The first-order valence-electron chi connectivity index (χ1n) is 6.48. The number of fused-ring (bicyclic) bond motifs is 1. The number of nitrogens with zero attached hydrogens (tertiary/aromatic N) is 2. The highest BCUT2D eigenvalue weighted by molar-refractivity contribution is 7.18. The van der Waals surface area contributed by atoms with E-state index in [-0.39, 0.29) is 0 Å². The summed E-state index contributed by atoms with van der Waals surface area (Å²) in [5.41, 5.74) is 0.817. The van der Waals surface area contributed by atoms with Crippen LogP contribution in [0, 0.1) is 13.8 Å². The third-order valence-corrected chi connectivity index (χ3v) is 4.96. The number of ether oxygens (including phenoxy) is 1. The average Bonchev–Trinajstić information content (AvgIpc) is 2.72. The first kappa shape index (κ1) is 14.2. The summed E-state index contributed by atoms with van der Waals surface area (Å²) in [5, 5.41) is 4.31. The molecule has 0 saturated heterocycles. The van der Waals surface area contributed by atoms with E-state index in [9.17, 15) is 0 Å². The Hall–Kier alpha value is -1.20. The largest absolute Gasteiger partial charge is 0.372 e. The fraction of sp³-hybridized carbons (Fsp3) is 0.571. The number of aryl methyl sites for hydroxylation is 2. The second kappa shape index (κ2) is 5.06. The molecular formula is C14H21N3OS. The number of rotatable bonds is 4. The van der Waals surface area contributed by atoms with Crippen molar-refractivity contribution in [3.63, 3.8) is 0 Å². The molecule has 1 unspecified atom stereocenters. The highest BCUT2D eigenvalue weighted by atomic mass is 32.1. The number of methoxy groups -OCH3 is 1. The summed E-state index contributed by atoms with van der Waals surface area (Å²) in [5.74, 6) is 1.63. The van der Waals surface area contributed by atoms with Crippen LogP contribution in [0.3, 0.4) is 0 Å². The van der Waals surface area contributed by atoms with E-state index in [4.69, 9.17) is 9.72 Å². The summed E-state index contributed by atoms with van der Waals surface area (Å²) in [6.45, 7) is 8.35. The Morgan fingerprint density at radius 2 is 2.00 bits per heavy atom. The van der Waals surface area contributed by atoms with Crippen molar-refractivity contribution in [3.05, 3.63) is 16.3 Å². The van der Waals surface area contributed by atoms with Gasteiger partial charge in [-0.3, -0.25) is 0 Å². The molecule has 5 heteroatoms. The molecule has 1 N–H and O–H groups in total. The van der Waals surface area contributed by atoms with Gasteiger partial charge in [-0.15, -0.1) is 11.3 Å². The van der Waals surface area contributed by atoms with Crippen LogP contribution in [0.2, 0.25) is 0 Å². The van der Waals surface area contributed by atoms with Crippen LogP contribution in [0.4, 0.5) is 5.82 Å². The molecule has 0 spiro atoms. The van der Waals surface area contributed by atoms with E-state index in [2.05, 4.69) is 31.1 Å². The number of hydrogen-bond donors (Lipinski definition) is 1. The quantitative estimate of drug-likeness (QED) is 0.928. The van der Waals surface area contributed by atoms with Gasteiger partial charge in [0.2, 0.25) is 0 Å². The second-order valence-corrected chi connectivity index (χ2v) is 6.10. The van der Waals surface area contributed by atoms with E-state index in [1.807, 2.05) is 14.0 Å². The monoisotopic (exact) mass is 279 g/mol. The maximum Gasteiger partial charge on any atom is 0.163 e. The summed E-state index contributed by atoms with van der Waals surface area (Å²) in [6, 6.07) is 0. The Labute approximate surface area is 118 Å². The van der Waals surface area contributed by atoms with Crippen molar-refractivity contribution in [2.24, 2.45) is 0 Å². The zero-order valence-corrected chi connectivity index (χ0v) is 13.2. The van der Waals surface area contributed by atoms with Crippen LogP contribution in [-0.4, -0.2) is 24.1 Å². The molecule has 0 aromatic carbocycles. The van der Waals surface area contributed by atoms with Crippen LogP contribution in [0.15, 0.2) is 0 Å². The van der Waals surface area contributed by atoms with Crippen LogP contribution in [-0.2, 0) is 10.3 Å². The number of anilines is 1. The Kier molecular flexibility index (Phi) is 3.78. The van der Waals surface area contributed by atoms with Crippen molar-refractivity contribution in [2.75, 3.05) is 19.5 Å². The van der Waals surface area contributed by atoms with E-state index in [1.165, 1.54) is 10.4 Å². The van der Waals surface area contributed by atoms with Gasteiger partial charge in [0.15, 0.2) is 5.82 Å². The molecule has 0 aliphatic rings. The smallest absolute Gasteiger partial charge is 0.163 e. The average molecular weight is 279 g/mol. The standard InChI is InChI=1S/C14H21N3OS/c1-7-14(4,18-6)13-16-11(15-5)10-8(2)9(3)19-12(10)17-13/h7H2,1-6H3,(H,15,16,17). The highest BCUT2D eigenvalue weighted by Gasteiger charge is 2.29. The molecule has 1 atom stereocenters. The molecule has 0 saturated carbocycles. The fourth-order valence-electron chi connectivity index (χ4n) is 2.06. The highest BCUT2D eigenvalue weighted by Crippen LogP contribution is 2.36. The maximum atomic E-state index is 5.61. The molecule has 19 heavy (non-hydrogen) atoms. The molecule has 0 aliphatic heterocycles. The molecule has 2 aromatic rings. The number of thiophene rings is 1. The third-order valence-electron chi connectivity index (χ3n) is 3.86. The Bertz CT molecular complexity index is 602. The Morgan fingerprint density at radius 3 is 2.53 bits per heavy atom. The van der Waals surface area contributed by atoms with Crippen molar-refractivity contribution in [3.8, 4) is 0 Å². The molecule has 4 nitrogen and oxygen atoms in total. The summed E-state index contributed by atoms with van der Waals surface area (Å²) in [6.07, 6.45) is 0.835. The molecule has 0 amide bonds. The lowest BCUT2D eigenvalue weighted by molar-refractivity contribution is -0.00854. The van der Waals surface area contributed by atoms with E-state index >= 15 is 0 Å². The lowest BCUT2D eigenvalue weighted by Gasteiger charge is -2.25. The third kappa shape index (κ3) is 2.21. The molecule has 2 heterocycles. The second-order valence-electron chi connectivity index (χ2n) is 4.90. The van der Waals surface area contributed by atoms with E-state index < -0.39 is 5.60 Å². The van der Waals surface area contributed by atoms with Crippen molar-refractivity contribution in [1.82, 2.24) is 9.97 Å².